The van der Waals surface area contributed by atoms with Crippen LogP contribution in [0.1, 0.15) is 25.7 Å². The second-order valence-electron chi connectivity index (χ2n) is 2.26. The molecule has 1 aliphatic carbocycles. The molecular weight excluding hydrogens is 123 g/mol. The summed E-state index contributed by atoms with van der Waals surface area (Å²) in [6, 6.07) is 0. The van der Waals surface area contributed by atoms with E-state index < -0.39 is 0 Å². The Balaban J connectivity index is 0.000000810. The number of allylic oxidation sites excluding steroid dienone is 2. The Morgan fingerprint density at radius 1 is 1.30 bits per heavy atom. The average molecular weight is 134 g/mol. The van der Waals surface area contributed by atoms with Crippen LogP contribution in [0.5, 0.6) is 0 Å². The Morgan fingerprint density at radius 2 is 1.90 bits per heavy atom. The minimum absolute atomic E-state index is 0. The van der Waals surface area contributed by atoms with Crippen molar-refractivity contribution in [1.82, 2.24) is 0 Å². The van der Waals surface area contributed by atoms with Crippen molar-refractivity contribution in [2.75, 3.05) is 7.11 Å². The van der Waals surface area contributed by atoms with Crippen molar-refractivity contribution in [1.29, 1.82) is 0 Å². The first-order valence-electron chi connectivity index (χ1n) is 3.27. The number of rotatable bonds is 1. The molecule has 0 saturated heterocycles. The van der Waals surface area contributed by atoms with Gasteiger partial charge in [0.1, 0.15) is 0 Å². The van der Waals surface area contributed by atoms with Crippen LogP contribution in [0, 0.1) is 0 Å². The van der Waals surface area contributed by atoms with Crippen LogP contribution in [0.25, 0.3) is 0 Å². The van der Waals surface area contributed by atoms with Gasteiger partial charge in [-0.2, -0.15) is 0 Å². The van der Waals surface area contributed by atoms with E-state index in [4.69, 9.17) is 4.74 Å². The molecule has 0 saturated carbocycles. The number of hydrogen-bond acceptors (Lipinski definition) is 2. The molecule has 0 amide bonds. The zero-order chi connectivity index (χ0) is 6.69. The summed E-state index contributed by atoms with van der Waals surface area (Å²) >= 11 is 0. The number of ether oxygens (including phenoxy) is 1. The first kappa shape index (κ1) is 9.94. The van der Waals surface area contributed by atoms with Crippen LogP contribution in [0.4, 0.5) is 0 Å². The summed E-state index contributed by atoms with van der Waals surface area (Å²) in [6.45, 7) is 0. The van der Waals surface area contributed by atoms with E-state index in [-0.39, 0.29) is 24.6 Å². The molecule has 2 nitrogen and oxygen atoms in total. The zero-order valence-corrected chi connectivity index (χ0v) is 6.64. The van der Waals surface area contributed by atoms with Gasteiger partial charge >= 0.3 is 18.9 Å². The summed E-state index contributed by atoms with van der Waals surface area (Å²) in [7, 11) is 1.57. The van der Waals surface area contributed by atoms with E-state index in [1.54, 1.807) is 7.11 Å². The van der Waals surface area contributed by atoms with Crippen molar-refractivity contribution in [3.05, 3.63) is 11.5 Å². The summed E-state index contributed by atoms with van der Waals surface area (Å²) in [6.07, 6.45) is 3.67. The molecule has 0 N–H and O–H groups in total. The normalized spacial score (nSPS) is 18.1. The van der Waals surface area contributed by atoms with E-state index >= 15 is 0 Å². The summed E-state index contributed by atoms with van der Waals surface area (Å²) < 4.78 is 4.87. The molecule has 1 aliphatic rings. The van der Waals surface area contributed by atoms with Gasteiger partial charge in [0.25, 0.3) is 0 Å². The second-order valence-corrected chi connectivity index (χ2v) is 2.26. The van der Waals surface area contributed by atoms with Crippen LogP contribution < -0.4 is 24.0 Å². The van der Waals surface area contributed by atoms with Crippen molar-refractivity contribution in [3.8, 4) is 0 Å². The summed E-state index contributed by atoms with van der Waals surface area (Å²) in [5, 5.41) is 10.9. The Hall–Kier alpha value is -0.0626. The van der Waals surface area contributed by atoms with Crippen LogP contribution in [0.3, 0.4) is 0 Å². The maximum Gasteiger partial charge on any atom is 1.00 e. The Bertz CT molecular complexity index is 132. The first-order valence-corrected chi connectivity index (χ1v) is 3.27. The monoisotopic (exact) mass is 134 g/mol. The molecule has 0 heterocycles. The van der Waals surface area contributed by atoms with E-state index in [0.717, 1.165) is 19.3 Å². The third kappa shape index (κ3) is 2.28. The molecular formula is C7H11LiO2. The van der Waals surface area contributed by atoms with E-state index in [9.17, 15) is 5.11 Å². The van der Waals surface area contributed by atoms with Crippen molar-refractivity contribution < 1.29 is 28.7 Å². The standard InChI is InChI=1S/C7H12O2.Li/c1-9-7-5-3-2-4-6(7)8;/h8H,2-5H2,1H3;/q;+1/p-1. The van der Waals surface area contributed by atoms with Crippen molar-refractivity contribution in [2.24, 2.45) is 0 Å². The predicted octanol–water partition coefficient (Wildman–Crippen LogP) is -2.22. The van der Waals surface area contributed by atoms with Crippen molar-refractivity contribution >= 4 is 0 Å². The quantitative estimate of drug-likeness (QED) is 0.381. The fourth-order valence-electron chi connectivity index (χ4n) is 1.07. The molecule has 0 unspecified atom stereocenters. The van der Waals surface area contributed by atoms with Crippen LogP contribution in [-0.4, -0.2) is 7.11 Å². The molecule has 0 spiro atoms. The van der Waals surface area contributed by atoms with Gasteiger partial charge in [-0.15, -0.1) is 0 Å². The van der Waals surface area contributed by atoms with E-state index in [2.05, 4.69) is 0 Å². The van der Waals surface area contributed by atoms with E-state index in [0.29, 0.717) is 12.2 Å². The van der Waals surface area contributed by atoms with Crippen LogP contribution in [0.2, 0.25) is 0 Å². The van der Waals surface area contributed by atoms with Crippen LogP contribution in [0.15, 0.2) is 11.5 Å². The van der Waals surface area contributed by atoms with Gasteiger partial charge in [0, 0.05) is 6.42 Å². The largest absolute Gasteiger partial charge is 1.00 e. The fraction of sp³-hybridized carbons (Fsp3) is 0.714. The van der Waals surface area contributed by atoms with Gasteiger partial charge in [-0.25, -0.2) is 0 Å². The van der Waals surface area contributed by atoms with Gasteiger partial charge in [0.05, 0.1) is 12.9 Å². The summed E-state index contributed by atoms with van der Waals surface area (Å²) in [5.74, 6) is 0.866. The Kier molecular flexibility index (Phi) is 4.68. The molecule has 0 aliphatic heterocycles. The predicted molar refractivity (Wildman–Crippen MR) is 32.5 cm³/mol. The van der Waals surface area contributed by atoms with E-state index in [1.165, 1.54) is 0 Å². The third-order valence-electron chi connectivity index (χ3n) is 1.62. The average Bonchev–Trinajstić information content (AvgIpc) is 1.89. The summed E-state index contributed by atoms with van der Waals surface area (Å²) in [4.78, 5) is 0. The fourth-order valence-corrected chi connectivity index (χ4v) is 1.07. The molecule has 0 bridgehead atoms. The topological polar surface area (TPSA) is 32.3 Å². The molecule has 0 aromatic rings. The van der Waals surface area contributed by atoms with Crippen molar-refractivity contribution in [3.63, 3.8) is 0 Å². The number of hydrogen-bond donors (Lipinski definition) is 0. The first-order chi connectivity index (χ1) is 4.34. The molecule has 0 aromatic heterocycles. The van der Waals surface area contributed by atoms with Crippen molar-refractivity contribution in [2.45, 2.75) is 25.7 Å². The molecule has 1 rings (SSSR count). The van der Waals surface area contributed by atoms with Gasteiger partial charge in [0.2, 0.25) is 0 Å². The SMILES string of the molecule is COC1=C([O-])CCCC1.[Li+]. The maximum atomic E-state index is 10.9. The van der Waals surface area contributed by atoms with Gasteiger partial charge in [0.15, 0.2) is 0 Å². The molecule has 0 radical (unpaired) electrons. The zero-order valence-electron chi connectivity index (χ0n) is 6.64. The number of methoxy groups -OCH3 is 1. The van der Waals surface area contributed by atoms with Gasteiger partial charge < -0.3 is 9.84 Å². The van der Waals surface area contributed by atoms with Gasteiger partial charge in [-0.3, -0.25) is 0 Å². The van der Waals surface area contributed by atoms with Crippen LogP contribution in [-0.2, 0) is 4.74 Å². The molecule has 52 valence electrons. The maximum absolute atomic E-state index is 10.9. The van der Waals surface area contributed by atoms with Gasteiger partial charge in [-0.1, -0.05) is 5.76 Å². The Morgan fingerprint density at radius 3 is 2.30 bits per heavy atom. The van der Waals surface area contributed by atoms with Gasteiger partial charge in [-0.05, 0) is 19.3 Å². The minimum Gasteiger partial charge on any atom is -0.873 e. The second kappa shape index (κ2) is 4.71. The van der Waals surface area contributed by atoms with E-state index in [1.807, 2.05) is 0 Å². The third-order valence-corrected chi connectivity index (χ3v) is 1.62. The molecule has 0 atom stereocenters. The smallest absolute Gasteiger partial charge is 0.873 e. The molecule has 10 heavy (non-hydrogen) atoms. The molecule has 0 fully saturated rings. The Labute approximate surface area is 73.4 Å². The minimum atomic E-state index is 0. The van der Waals surface area contributed by atoms with Crippen LogP contribution >= 0.6 is 0 Å². The molecule has 0 aromatic carbocycles. The molecule has 3 heteroatoms. The summed E-state index contributed by atoms with van der Waals surface area (Å²) in [5.41, 5.74) is 0.